The maximum Gasteiger partial charge on any atom is 0.142 e. The van der Waals surface area contributed by atoms with Crippen molar-refractivity contribution in [2.24, 2.45) is 0 Å². The van der Waals surface area contributed by atoms with E-state index >= 15 is 0 Å². The lowest BCUT2D eigenvalue weighted by Crippen LogP contribution is -1.79. The van der Waals surface area contributed by atoms with Crippen LogP contribution in [0.1, 0.15) is 11.1 Å². The molecule has 0 N–H and O–H groups in total. The fourth-order valence-electron chi connectivity index (χ4n) is 0.934. The van der Waals surface area contributed by atoms with Crippen molar-refractivity contribution in [3.05, 3.63) is 40.4 Å². The number of halogens is 1. The highest BCUT2D eigenvalue weighted by Gasteiger charge is 1.94. The van der Waals surface area contributed by atoms with E-state index in [-0.39, 0.29) is 0 Å². The van der Waals surface area contributed by atoms with Crippen molar-refractivity contribution in [1.29, 1.82) is 0 Å². The third kappa shape index (κ3) is 2.21. The van der Waals surface area contributed by atoms with E-state index in [1.807, 2.05) is 25.1 Å². The first-order valence-corrected chi connectivity index (χ1v) is 4.00. The summed E-state index contributed by atoms with van der Waals surface area (Å²) in [6, 6.07) is 5.58. The third-order valence-electron chi connectivity index (χ3n) is 1.60. The van der Waals surface area contributed by atoms with Crippen LogP contribution in [-0.2, 0) is 4.79 Å². The summed E-state index contributed by atoms with van der Waals surface area (Å²) in [6.45, 7) is 1.97. The highest BCUT2D eigenvalue weighted by molar-refractivity contribution is 6.30. The van der Waals surface area contributed by atoms with Gasteiger partial charge in [0.25, 0.3) is 0 Å². The molecule has 1 aromatic carbocycles. The molecule has 1 nitrogen and oxygen atoms in total. The standard InChI is InChI=1S/C10H9ClO/c1-8-4-5-10(11)7-9(8)3-2-6-12/h2-7H,1H3. The number of hydrogen-bond acceptors (Lipinski definition) is 1. The Morgan fingerprint density at radius 2 is 2.17 bits per heavy atom. The molecule has 0 atom stereocenters. The van der Waals surface area contributed by atoms with Gasteiger partial charge in [-0.1, -0.05) is 23.7 Å². The van der Waals surface area contributed by atoms with Crippen molar-refractivity contribution in [1.82, 2.24) is 0 Å². The molecule has 0 amide bonds. The number of allylic oxidation sites excluding steroid dienone is 1. The fourth-order valence-corrected chi connectivity index (χ4v) is 1.11. The van der Waals surface area contributed by atoms with Crippen molar-refractivity contribution in [3.8, 4) is 0 Å². The van der Waals surface area contributed by atoms with Crippen LogP contribution in [0.2, 0.25) is 5.02 Å². The largest absolute Gasteiger partial charge is 0.299 e. The number of hydrogen-bond donors (Lipinski definition) is 0. The highest BCUT2D eigenvalue weighted by Crippen LogP contribution is 2.16. The van der Waals surface area contributed by atoms with E-state index in [0.29, 0.717) is 5.02 Å². The zero-order valence-corrected chi connectivity index (χ0v) is 7.51. The highest BCUT2D eigenvalue weighted by atomic mass is 35.5. The predicted octanol–water partition coefficient (Wildman–Crippen LogP) is 2.86. The molecule has 0 bridgehead atoms. The van der Waals surface area contributed by atoms with Crippen LogP contribution >= 0.6 is 11.6 Å². The summed E-state index contributed by atoms with van der Waals surface area (Å²) < 4.78 is 0. The van der Waals surface area contributed by atoms with Crippen LogP contribution in [0.5, 0.6) is 0 Å². The zero-order valence-electron chi connectivity index (χ0n) is 6.75. The summed E-state index contributed by atoms with van der Waals surface area (Å²) in [5.74, 6) is 0. The van der Waals surface area contributed by atoms with Crippen molar-refractivity contribution < 1.29 is 4.79 Å². The van der Waals surface area contributed by atoms with Crippen molar-refractivity contribution in [2.45, 2.75) is 6.92 Å². The average Bonchev–Trinajstić information content (AvgIpc) is 2.07. The molecule has 0 saturated heterocycles. The minimum atomic E-state index is 0.686. The first-order valence-electron chi connectivity index (χ1n) is 3.62. The maximum absolute atomic E-state index is 10.1. The normalized spacial score (nSPS) is 10.5. The van der Waals surface area contributed by atoms with Gasteiger partial charge in [-0.05, 0) is 36.3 Å². The molecule has 0 saturated carbocycles. The molecule has 2 heteroatoms. The summed E-state index contributed by atoms with van der Waals surface area (Å²) in [6.07, 6.45) is 3.95. The first-order chi connectivity index (χ1) is 5.74. The molecule has 0 heterocycles. The molecule has 0 aliphatic heterocycles. The number of carbonyl (C=O) groups excluding carboxylic acids is 1. The Bertz CT molecular complexity index is 316. The quantitative estimate of drug-likeness (QED) is 0.505. The van der Waals surface area contributed by atoms with Gasteiger partial charge in [-0.25, -0.2) is 0 Å². The van der Waals surface area contributed by atoms with Crippen LogP contribution in [-0.4, -0.2) is 6.29 Å². The van der Waals surface area contributed by atoms with E-state index < -0.39 is 0 Å². The van der Waals surface area contributed by atoms with Crippen molar-refractivity contribution in [2.75, 3.05) is 0 Å². The van der Waals surface area contributed by atoms with Crippen LogP contribution in [0, 0.1) is 6.92 Å². The Hall–Kier alpha value is -1.08. The van der Waals surface area contributed by atoms with E-state index in [1.165, 1.54) is 6.08 Å². The molecule has 1 rings (SSSR count). The second-order valence-electron chi connectivity index (χ2n) is 2.50. The monoisotopic (exact) mass is 180 g/mol. The van der Waals surface area contributed by atoms with E-state index in [4.69, 9.17) is 11.6 Å². The van der Waals surface area contributed by atoms with Crippen LogP contribution in [0.15, 0.2) is 24.3 Å². The van der Waals surface area contributed by atoms with Gasteiger partial charge in [-0.3, -0.25) is 4.79 Å². The molecular formula is C10H9ClO. The molecule has 0 unspecified atom stereocenters. The Morgan fingerprint density at radius 3 is 2.83 bits per heavy atom. The minimum absolute atomic E-state index is 0.686. The van der Waals surface area contributed by atoms with E-state index in [1.54, 1.807) is 6.08 Å². The second kappa shape index (κ2) is 4.07. The Morgan fingerprint density at radius 1 is 1.42 bits per heavy atom. The molecule has 12 heavy (non-hydrogen) atoms. The van der Waals surface area contributed by atoms with Crippen LogP contribution in [0.3, 0.4) is 0 Å². The van der Waals surface area contributed by atoms with Gasteiger partial charge >= 0.3 is 0 Å². The summed E-state index contributed by atoms with van der Waals surface area (Å²) >= 11 is 5.77. The lowest BCUT2D eigenvalue weighted by atomic mass is 10.1. The number of rotatable bonds is 2. The maximum atomic E-state index is 10.1. The molecule has 0 fully saturated rings. The zero-order chi connectivity index (χ0) is 8.97. The minimum Gasteiger partial charge on any atom is -0.299 e. The Balaban J connectivity index is 3.04. The first kappa shape index (κ1) is 9.01. The fraction of sp³-hybridized carbons (Fsp3) is 0.100. The van der Waals surface area contributed by atoms with Gasteiger partial charge in [0.1, 0.15) is 6.29 Å². The summed E-state index contributed by atoms with van der Waals surface area (Å²) in [5, 5.41) is 0.686. The van der Waals surface area contributed by atoms with Crippen molar-refractivity contribution >= 4 is 24.0 Å². The van der Waals surface area contributed by atoms with E-state index in [9.17, 15) is 4.79 Å². The second-order valence-corrected chi connectivity index (χ2v) is 2.93. The van der Waals surface area contributed by atoms with Gasteiger partial charge in [0, 0.05) is 5.02 Å². The molecule has 0 aromatic heterocycles. The summed E-state index contributed by atoms with van der Waals surface area (Å²) in [7, 11) is 0. The molecule has 0 aliphatic rings. The van der Waals surface area contributed by atoms with E-state index in [2.05, 4.69) is 0 Å². The van der Waals surface area contributed by atoms with Gasteiger partial charge in [-0.2, -0.15) is 0 Å². The van der Waals surface area contributed by atoms with Crippen LogP contribution in [0.4, 0.5) is 0 Å². The van der Waals surface area contributed by atoms with Gasteiger partial charge in [0.2, 0.25) is 0 Å². The van der Waals surface area contributed by atoms with Gasteiger partial charge in [0.05, 0.1) is 0 Å². The number of carbonyl (C=O) groups is 1. The molecular weight excluding hydrogens is 172 g/mol. The van der Waals surface area contributed by atoms with Crippen LogP contribution < -0.4 is 0 Å². The predicted molar refractivity (Wildman–Crippen MR) is 51.3 cm³/mol. The molecule has 62 valence electrons. The van der Waals surface area contributed by atoms with Crippen molar-refractivity contribution in [3.63, 3.8) is 0 Å². The molecule has 1 aromatic rings. The average molecular weight is 181 g/mol. The molecule has 0 aliphatic carbocycles. The van der Waals surface area contributed by atoms with Gasteiger partial charge in [-0.15, -0.1) is 0 Å². The van der Waals surface area contributed by atoms with E-state index in [0.717, 1.165) is 17.4 Å². The number of benzene rings is 1. The van der Waals surface area contributed by atoms with Gasteiger partial charge < -0.3 is 0 Å². The summed E-state index contributed by atoms with van der Waals surface area (Å²) in [5.41, 5.74) is 2.09. The Labute approximate surface area is 76.7 Å². The lowest BCUT2D eigenvalue weighted by Gasteiger charge is -1.98. The molecule has 0 spiro atoms. The number of aryl methyl sites for hydroxylation is 1. The number of aldehydes is 1. The van der Waals surface area contributed by atoms with Gasteiger partial charge in [0.15, 0.2) is 0 Å². The van der Waals surface area contributed by atoms with Crippen LogP contribution in [0.25, 0.3) is 6.08 Å². The summed E-state index contributed by atoms with van der Waals surface area (Å²) in [4.78, 5) is 10.1. The lowest BCUT2D eigenvalue weighted by molar-refractivity contribution is -0.104. The topological polar surface area (TPSA) is 17.1 Å². The SMILES string of the molecule is Cc1ccc(Cl)cc1C=CC=O. The Kier molecular flexibility index (Phi) is 3.06. The third-order valence-corrected chi connectivity index (χ3v) is 1.83. The smallest absolute Gasteiger partial charge is 0.142 e. The molecule has 0 radical (unpaired) electrons.